The number of anilines is 1. The van der Waals surface area contributed by atoms with Crippen molar-refractivity contribution >= 4 is 17.5 Å². The molecule has 2 aromatic carbocycles. The molecule has 3 rings (SSSR count). The fraction of sp³-hybridized carbons (Fsp3) is 0.391. The van der Waals surface area contributed by atoms with E-state index in [2.05, 4.69) is 10.6 Å². The highest BCUT2D eigenvalue weighted by Crippen LogP contribution is 2.30. The van der Waals surface area contributed by atoms with E-state index in [1.54, 1.807) is 37.4 Å². The van der Waals surface area contributed by atoms with Gasteiger partial charge in [-0.05, 0) is 68.0 Å². The Morgan fingerprint density at radius 3 is 2.21 bits per heavy atom. The van der Waals surface area contributed by atoms with Crippen LogP contribution in [0.25, 0.3) is 0 Å². The van der Waals surface area contributed by atoms with Gasteiger partial charge in [-0.2, -0.15) is 0 Å². The quantitative estimate of drug-likeness (QED) is 0.742. The van der Waals surface area contributed by atoms with Crippen LogP contribution in [-0.4, -0.2) is 25.5 Å². The average Bonchev–Trinajstić information content (AvgIpc) is 2.75. The summed E-state index contributed by atoms with van der Waals surface area (Å²) in [6.07, 6.45) is 3.22. The molecule has 0 heterocycles. The number of nitrogens with one attached hydrogen (secondary N) is 2. The molecule has 2 amide bonds. The predicted molar refractivity (Wildman–Crippen MR) is 110 cm³/mol. The Bertz CT molecular complexity index is 830. The molecule has 154 valence electrons. The van der Waals surface area contributed by atoms with Gasteiger partial charge < -0.3 is 15.4 Å². The minimum atomic E-state index is -0.245. The van der Waals surface area contributed by atoms with Crippen molar-refractivity contribution in [1.29, 1.82) is 0 Å². The highest BCUT2D eigenvalue weighted by Gasteiger charge is 2.29. The minimum absolute atomic E-state index is 0.00430. The summed E-state index contributed by atoms with van der Waals surface area (Å²) in [5.41, 5.74) is 1.34. The smallest absolute Gasteiger partial charge is 0.227 e. The number of amides is 2. The first-order valence-corrected chi connectivity index (χ1v) is 10.0. The van der Waals surface area contributed by atoms with Crippen LogP contribution in [0.2, 0.25) is 0 Å². The summed E-state index contributed by atoms with van der Waals surface area (Å²) in [5, 5.41) is 5.84. The highest BCUT2D eigenvalue weighted by atomic mass is 19.1. The molecule has 0 aromatic heterocycles. The molecule has 1 fully saturated rings. The summed E-state index contributed by atoms with van der Waals surface area (Å²) in [4.78, 5) is 24.9. The lowest BCUT2D eigenvalue weighted by molar-refractivity contribution is -0.128. The minimum Gasteiger partial charge on any atom is -0.497 e. The van der Waals surface area contributed by atoms with Gasteiger partial charge in [-0.3, -0.25) is 9.59 Å². The molecule has 0 bridgehead atoms. The van der Waals surface area contributed by atoms with Crippen LogP contribution >= 0.6 is 0 Å². The highest BCUT2D eigenvalue weighted by molar-refractivity contribution is 5.92. The third kappa shape index (κ3) is 5.79. The first kappa shape index (κ1) is 20.8. The number of carbonyl (C=O) groups excluding carboxylic acids is 2. The molecule has 2 N–H and O–H groups in total. The summed E-state index contributed by atoms with van der Waals surface area (Å²) in [7, 11) is 1.60. The summed E-state index contributed by atoms with van der Waals surface area (Å²) in [5.74, 6) is 0.318. The second kappa shape index (κ2) is 10.0. The van der Waals surface area contributed by atoms with Gasteiger partial charge in [0.05, 0.1) is 7.11 Å². The second-order valence-corrected chi connectivity index (χ2v) is 7.40. The predicted octanol–water partition coefficient (Wildman–Crippen LogP) is 3.94. The molecule has 0 atom stereocenters. The van der Waals surface area contributed by atoms with E-state index in [0.717, 1.165) is 11.4 Å². The zero-order valence-corrected chi connectivity index (χ0v) is 16.6. The lowest BCUT2D eigenvalue weighted by Gasteiger charge is -2.27. The van der Waals surface area contributed by atoms with Crippen molar-refractivity contribution in [2.75, 3.05) is 19.0 Å². The fourth-order valence-electron chi connectivity index (χ4n) is 3.70. The van der Waals surface area contributed by atoms with Crippen molar-refractivity contribution in [3.63, 3.8) is 0 Å². The van der Waals surface area contributed by atoms with Crippen LogP contribution in [0.1, 0.15) is 31.2 Å². The molecule has 0 spiro atoms. The summed E-state index contributed by atoms with van der Waals surface area (Å²) in [6, 6.07) is 13.8. The van der Waals surface area contributed by atoms with Crippen LogP contribution in [-0.2, 0) is 16.0 Å². The van der Waals surface area contributed by atoms with E-state index in [-0.39, 0.29) is 29.5 Å². The standard InChI is InChI=1S/C23H27FN2O3/c1-29-20-12-10-19(11-13-20)26-23(28)18-8-6-17(7-9-18)22(27)25-15-14-16-4-2-3-5-21(16)24/h2-5,10-13,17-18H,6-9,14-15H2,1H3,(H,25,27)(H,26,28). The molecule has 2 aromatic rings. The normalized spacial score (nSPS) is 18.7. The van der Waals surface area contributed by atoms with Gasteiger partial charge in [-0.25, -0.2) is 4.39 Å². The van der Waals surface area contributed by atoms with Crippen molar-refractivity contribution in [3.05, 3.63) is 59.9 Å². The number of ether oxygens (including phenoxy) is 1. The number of halogens is 1. The van der Waals surface area contributed by atoms with E-state index in [0.29, 0.717) is 44.2 Å². The Kier molecular flexibility index (Phi) is 7.22. The van der Waals surface area contributed by atoms with Crippen LogP contribution in [0.15, 0.2) is 48.5 Å². The van der Waals surface area contributed by atoms with Gasteiger partial charge in [0, 0.05) is 24.1 Å². The Morgan fingerprint density at radius 2 is 1.59 bits per heavy atom. The molecule has 1 aliphatic rings. The van der Waals surface area contributed by atoms with Crippen LogP contribution in [0, 0.1) is 17.7 Å². The molecule has 0 aliphatic heterocycles. The molecule has 1 aliphatic carbocycles. The summed E-state index contributed by atoms with van der Waals surface area (Å²) in [6.45, 7) is 0.414. The molecule has 1 saturated carbocycles. The van der Waals surface area contributed by atoms with Crippen LogP contribution in [0.3, 0.4) is 0 Å². The topological polar surface area (TPSA) is 67.4 Å². The van der Waals surface area contributed by atoms with E-state index in [1.165, 1.54) is 6.07 Å². The Balaban J connectivity index is 1.40. The van der Waals surface area contributed by atoms with Crippen molar-refractivity contribution in [1.82, 2.24) is 5.32 Å². The van der Waals surface area contributed by atoms with Gasteiger partial charge in [-0.1, -0.05) is 18.2 Å². The first-order chi connectivity index (χ1) is 14.1. The second-order valence-electron chi connectivity index (χ2n) is 7.40. The molecule has 0 radical (unpaired) electrons. The lowest BCUT2D eigenvalue weighted by Crippen LogP contribution is -2.36. The van der Waals surface area contributed by atoms with Gasteiger partial charge in [0.25, 0.3) is 0 Å². The van der Waals surface area contributed by atoms with Crippen molar-refractivity contribution in [2.24, 2.45) is 11.8 Å². The maximum atomic E-state index is 13.6. The van der Waals surface area contributed by atoms with E-state index in [4.69, 9.17) is 4.74 Å². The maximum Gasteiger partial charge on any atom is 0.227 e. The lowest BCUT2D eigenvalue weighted by atomic mass is 9.81. The first-order valence-electron chi connectivity index (χ1n) is 10.0. The van der Waals surface area contributed by atoms with E-state index >= 15 is 0 Å². The number of rotatable bonds is 7. The van der Waals surface area contributed by atoms with Crippen molar-refractivity contribution in [3.8, 4) is 5.75 Å². The SMILES string of the molecule is COc1ccc(NC(=O)C2CCC(C(=O)NCCc3ccccc3F)CC2)cc1. The molecule has 5 nitrogen and oxygen atoms in total. The van der Waals surface area contributed by atoms with Gasteiger partial charge in [0.1, 0.15) is 11.6 Å². The fourth-order valence-corrected chi connectivity index (χ4v) is 3.70. The third-order valence-corrected chi connectivity index (χ3v) is 5.48. The number of hydrogen-bond acceptors (Lipinski definition) is 3. The number of methoxy groups -OCH3 is 1. The van der Waals surface area contributed by atoms with E-state index in [1.807, 2.05) is 12.1 Å². The molecule has 6 heteroatoms. The molecule has 0 saturated heterocycles. The molecule has 29 heavy (non-hydrogen) atoms. The average molecular weight is 398 g/mol. The number of carbonyl (C=O) groups is 2. The Labute approximate surface area is 170 Å². The molecule has 0 unspecified atom stereocenters. The van der Waals surface area contributed by atoms with Crippen molar-refractivity contribution < 1.29 is 18.7 Å². The maximum absolute atomic E-state index is 13.6. The van der Waals surface area contributed by atoms with E-state index in [9.17, 15) is 14.0 Å². The third-order valence-electron chi connectivity index (χ3n) is 5.48. The van der Waals surface area contributed by atoms with Crippen molar-refractivity contribution in [2.45, 2.75) is 32.1 Å². The van der Waals surface area contributed by atoms with Gasteiger partial charge in [0.2, 0.25) is 11.8 Å². The Hall–Kier alpha value is -2.89. The number of hydrogen-bond donors (Lipinski definition) is 2. The van der Waals surface area contributed by atoms with Gasteiger partial charge in [0.15, 0.2) is 0 Å². The van der Waals surface area contributed by atoms with Gasteiger partial charge in [-0.15, -0.1) is 0 Å². The van der Waals surface area contributed by atoms with Crippen LogP contribution < -0.4 is 15.4 Å². The van der Waals surface area contributed by atoms with Crippen LogP contribution in [0.4, 0.5) is 10.1 Å². The monoisotopic (exact) mass is 398 g/mol. The molecular formula is C23H27FN2O3. The zero-order chi connectivity index (χ0) is 20.6. The zero-order valence-electron chi connectivity index (χ0n) is 16.6. The summed E-state index contributed by atoms with van der Waals surface area (Å²) < 4.78 is 18.7. The largest absolute Gasteiger partial charge is 0.497 e. The number of benzene rings is 2. The Morgan fingerprint density at radius 1 is 0.966 bits per heavy atom. The molecular weight excluding hydrogens is 371 g/mol. The van der Waals surface area contributed by atoms with Gasteiger partial charge >= 0.3 is 0 Å². The van der Waals surface area contributed by atoms with E-state index < -0.39 is 0 Å². The van der Waals surface area contributed by atoms with Crippen LogP contribution in [0.5, 0.6) is 5.75 Å². The summed E-state index contributed by atoms with van der Waals surface area (Å²) >= 11 is 0.